The van der Waals surface area contributed by atoms with Crippen molar-refractivity contribution < 1.29 is 17.7 Å². The molecule has 1 saturated heterocycles. The van der Waals surface area contributed by atoms with Crippen LogP contribution in [-0.2, 0) is 26.2 Å². The second-order valence-electron chi connectivity index (χ2n) is 10.3. The van der Waals surface area contributed by atoms with Crippen LogP contribution in [0.2, 0.25) is 10.0 Å². The van der Waals surface area contributed by atoms with Crippen molar-refractivity contribution in [3.63, 3.8) is 0 Å². The molecular weight excluding hydrogens is 621 g/mol. The third-order valence-electron chi connectivity index (χ3n) is 7.72. The summed E-state index contributed by atoms with van der Waals surface area (Å²) in [7, 11) is 1.99. The highest BCUT2D eigenvalue weighted by molar-refractivity contribution is 6.31. The molecule has 2 aliphatic rings. The van der Waals surface area contributed by atoms with Crippen molar-refractivity contribution in [2.75, 3.05) is 37.6 Å². The van der Waals surface area contributed by atoms with Crippen molar-refractivity contribution in [3.8, 4) is 0 Å². The number of alkyl halides is 3. The van der Waals surface area contributed by atoms with Crippen LogP contribution in [0.4, 0.5) is 19.0 Å². The number of nitrogens with zero attached hydrogens (tertiary/aromatic N) is 5. The molecule has 0 spiro atoms. The van der Waals surface area contributed by atoms with Gasteiger partial charge in [0.25, 0.3) is 0 Å². The van der Waals surface area contributed by atoms with E-state index in [1.54, 1.807) is 6.07 Å². The molecule has 5 heterocycles. The summed E-state index contributed by atoms with van der Waals surface area (Å²) >= 11 is 12.2. The van der Waals surface area contributed by atoms with Crippen molar-refractivity contribution in [1.82, 2.24) is 24.8 Å². The number of benzene rings is 1. The quantitative estimate of drug-likeness (QED) is 0.283. The van der Waals surface area contributed by atoms with E-state index < -0.39 is 11.9 Å². The van der Waals surface area contributed by atoms with Crippen molar-refractivity contribution in [3.05, 3.63) is 76.0 Å². The zero-order valence-corrected chi connectivity index (χ0v) is 25.3. The number of anilines is 1. The molecule has 2 N–H and O–H groups in total. The molecule has 0 saturated carbocycles. The first kappa shape index (κ1) is 31.7. The highest BCUT2D eigenvalue weighted by atomic mass is 35.5. The second kappa shape index (κ2) is 12.6. The normalized spacial score (nSPS) is 19.5. The van der Waals surface area contributed by atoms with Gasteiger partial charge in [0.05, 0.1) is 24.2 Å². The Balaban J connectivity index is 0.00000194. The zero-order valence-electron chi connectivity index (χ0n) is 22.2. The lowest BCUT2D eigenvalue weighted by Crippen LogP contribution is -2.57. The number of hydrogen-bond donors (Lipinski definition) is 2. The first-order chi connectivity index (χ1) is 18.7. The molecule has 14 heteroatoms. The molecule has 6 rings (SSSR count). The van der Waals surface area contributed by atoms with Gasteiger partial charge in [-0.2, -0.15) is 13.2 Å². The van der Waals surface area contributed by atoms with Gasteiger partial charge in [0.1, 0.15) is 24.8 Å². The van der Waals surface area contributed by atoms with Gasteiger partial charge in [0.2, 0.25) is 6.33 Å². The molecular formula is C27H31Cl4F3N7+. The molecule has 2 unspecified atom stereocenters. The number of halogens is 7. The van der Waals surface area contributed by atoms with Crippen LogP contribution in [-0.4, -0.2) is 58.2 Å². The first-order valence-electron chi connectivity index (χ1n) is 12.9. The SMILES string of the molecule is C[n+]1ccn(CC2c3[nH]c4ccc(Cl)cc4c3CCN2CC2CNCCN2c2ccc(Cl)c(C(F)(F)F)n2)c1.Cl.Cl. The van der Waals surface area contributed by atoms with E-state index >= 15 is 0 Å². The summed E-state index contributed by atoms with van der Waals surface area (Å²) in [5.74, 6) is 0.296. The Labute approximate surface area is 258 Å². The molecule has 2 aliphatic heterocycles. The van der Waals surface area contributed by atoms with Crippen LogP contribution in [0, 0.1) is 0 Å². The Kier molecular flexibility index (Phi) is 9.72. The summed E-state index contributed by atoms with van der Waals surface area (Å²) in [6.07, 6.45) is 2.35. The van der Waals surface area contributed by atoms with Gasteiger partial charge in [-0.3, -0.25) is 4.90 Å². The van der Waals surface area contributed by atoms with Crippen molar-refractivity contribution >= 4 is 64.7 Å². The fourth-order valence-electron chi connectivity index (χ4n) is 5.91. The lowest BCUT2D eigenvalue weighted by Gasteiger charge is -2.43. The van der Waals surface area contributed by atoms with Gasteiger partial charge >= 0.3 is 6.18 Å². The highest BCUT2D eigenvalue weighted by Gasteiger charge is 2.38. The maximum absolute atomic E-state index is 13.6. The Morgan fingerprint density at radius 3 is 2.63 bits per heavy atom. The topological polar surface area (TPSA) is 56.0 Å². The van der Waals surface area contributed by atoms with Crippen LogP contribution in [0.5, 0.6) is 0 Å². The van der Waals surface area contributed by atoms with Crippen LogP contribution < -0.4 is 14.8 Å². The average Bonchev–Trinajstić information content (AvgIpc) is 3.48. The Hall–Kier alpha value is -2.21. The molecule has 0 radical (unpaired) electrons. The fraction of sp³-hybridized carbons (Fsp3) is 0.407. The van der Waals surface area contributed by atoms with E-state index in [1.165, 1.54) is 11.6 Å². The number of nitrogens with one attached hydrogen (secondary N) is 2. The van der Waals surface area contributed by atoms with Crippen LogP contribution in [0.3, 0.4) is 0 Å². The number of H-pyrrole nitrogens is 1. The summed E-state index contributed by atoms with van der Waals surface area (Å²) < 4.78 is 44.9. The van der Waals surface area contributed by atoms with E-state index in [1.807, 2.05) is 40.9 Å². The fourth-order valence-corrected chi connectivity index (χ4v) is 6.29. The number of piperazine rings is 1. The highest BCUT2D eigenvalue weighted by Crippen LogP contribution is 2.38. The summed E-state index contributed by atoms with van der Waals surface area (Å²) in [6, 6.07) is 8.78. The largest absolute Gasteiger partial charge is 0.434 e. The molecule has 0 bridgehead atoms. The van der Waals surface area contributed by atoms with Gasteiger partial charge in [0, 0.05) is 54.3 Å². The maximum Gasteiger partial charge on any atom is 0.434 e. The van der Waals surface area contributed by atoms with Crippen LogP contribution >= 0.6 is 48.0 Å². The Bertz CT molecular complexity index is 1510. The number of rotatable bonds is 5. The summed E-state index contributed by atoms with van der Waals surface area (Å²) in [5.41, 5.74) is 2.45. The number of hydrogen-bond acceptors (Lipinski definition) is 4. The predicted molar refractivity (Wildman–Crippen MR) is 160 cm³/mol. The maximum atomic E-state index is 13.6. The van der Waals surface area contributed by atoms with Gasteiger partial charge in [-0.05, 0) is 42.3 Å². The number of fused-ring (bicyclic) bond motifs is 3. The Morgan fingerprint density at radius 2 is 1.90 bits per heavy atom. The van der Waals surface area contributed by atoms with Crippen LogP contribution in [0.1, 0.15) is 23.0 Å². The summed E-state index contributed by atoms with van der Waals surface area (Å²) in [5, 5.41) is 4.88. The van der Waals surface area contributed by atoms with Crippen molar-refractivity contribution in [1.29, 1.82) is 0 Å². The minimum absolute atomic E-state index is 0. The molecule has 1 fully saturated rings. The molecule has 1 aromatic carbocycles. The molecule has 4 aromatic rings. The number of imidazole rings is 1. The van der Waals surface area contributed by atoms with Gasteiger partial charge in [-0.15, -0.1) is 24.8 Å². The minimum atomic E-state index is -4.61. The smallest absolute Gasteiger partial charge is 0.357 e. The lowest BCUT2D eigenvalue weighted by molar-refractivity contribution is -0.671. The predicted octanol–water partition coefficient (Wildman–Crippen LogP) is 5.44. The monoisotopic (exact) mass is 650 g/mol. The second-order valence-corrected chi connectivity index (χ2v) is 11.1. The number of aromatic nitrogens is 4. The average molecular weight is 652 g/mol. The molecule has 0 aliphatic carbocycles. The minimum Gasteiger partial charge on any atom is -0.357 e. The summed E-state index contributed by atoms with van der Waals surface area (Å²) in [4.78, 5) is 12.0. The van der Waals surface area contributed by atoms with E-state index in [4.69, 9.17) is 23.2 Å². The number of aryl methyl sites for hydroxylation is 1. The molecule has 41 heavy (non-hydrogen) atoms. The van der Waals surface area contributed by atoms with Gasteiger partial charge in [-0.1, -0.05) is 23.2 Å². The molecule has 7 nitrogen and oxygen atoms in total. The van der Waals surface area contributed by atoms with Crippen LogP contribution in [0.25, 0.3) is 10.9 Å². The van der Waals surface area contributed by atoms with Gasteiger partial charge < -0.3 is 15.2 Å². The van der Waals surface area contributed by atoms with Crippen molar-refractivity contribution in [2.24, 2.45) is 7.05 Å². The standard InChI is InChI=1S/C27H29Cl2F3N7.2ClH/c1-36-10-11-37(16-36)15-23-25-19(20-12-17(28)2-4-22(20)34-25)6-8-38(23)14-18-13-33-7-9-39(18)24-5-3-21(29)26(35-24)27(30,31)32;;/h2-5,10-12,16,18,23,33-34H,6-9,13-15H2,1H3;2*1H/q+1;;. The Morgan fingerprint density at radius 1 is 1.10 bits per heavy atom. The zero-order chi connectivity index (χ0) is 27.3. The van der Waals surface area contributed by atoms with E-state index in [2.05, 4.69) is 37.3 Å². The third-order valence-corrected chi connectivity index (χ3v) is 8.26. The summed E-state index contributed by atoms with van der Waals surface area (Å²) in [6.45, 7) is 4.06. The van der Waals surface area contributed by atoms with Crippen LogP contribution in [0.15, 0.2) is 49.1 Å². The number of pyridine rings is 1. The van der Waals surface area contributed by atoms with Gasteiger partial charge in [-0.25, -0.2) is 14.1 Å². The molecule has 3 aromatic heterocycles. The molecule has 0 amide bonds. The van der Waals surface area contributed by atoms with E-state index in [-0.39, 0.29) is 41.9 Å². The van der Waals surface area contributed by atoms with Crippen molar-refractivity contribution in [2.45, 2.75) is 31.2 Å². The first-order valence-corrected chi connectivity index (χ1v) is 13.7. The molecule has 222 valence electrons. The van der Waals surface area contributed by atoms with E-state index in [0.717, 1.165) is 36.1 Å². The van der Waals surface area contributed by atoms with E-state index in [9.17, 15) is 13.2 Å². The third kappa shape index (κ3) is 6.43. The molecule has 2 atom stereocenters. The van der Waals surface area contributed by atoms with Gasteiger partial charge in [0.15, 0.2) is 5.69 Å². The lowest BCUT2D eigenvalue weighted by atomic mass is 9.96. The van der Waals surface area contributed by atoms with E-state index in [0.29, 0.717) is 37.0 Å². The number of aromatic amines is 1.